The van der Waals surface area contributed by atoms with Crippen LogP contribution in [0.3, 0.4) is 0 Å². The number of rotatable bonds is 4. The first kappa shape index (κ1) is 10.0. The molecule has 2 aromatic rings. The monoisotopic (exact) mass is 223 g/mol. The molecule has 78 valence electrons. The average molecular weight is 223 g/mol. The summed E-state index contributed by atoms with van der Waals surface area (Å²) in [6.07, 6.45) is 3.54. The van der Waals surface area contributed by atoms with E-state index in [1.54, 1.807) is 18.7 Å². The van der Waals surface area contributed by atoms with E-state index in [0.29, 0.717) is 18.3 Å². The van der Waals surface area contributed by atoms with Gasteiger partial charge in [-0.3, -0.25) is 0 Å². The summed E-state index contributed by atoms with van der Waals surface area (Å²) >= 11 is 1.54. The van der Waals surface area contributed by atoms with Crippen molar-refractivity contribution in [1.29, 1.82) is 0 Å². The first-order valence-corrected chi connectivity index (χ1v) is 5.20. The fourth-order valence-electron chi connectivity index (χ4n) is 0.984. The molecule has 0 aromatic carbocycles. The van der Waals surface area contributed by atoms with Crippen molar-refractivity contribution in [2.45, 2.75) is 6.61 Å². The molecule has 15 heavy (non-hydrogen) atoms. The van der Waals surface area contributed by atoms with Gasteiger partial charge in [0.2, 0.25) is 0 Å². The Labute approximate surface area is 90.4 Å². The number of nitrogens with zero attached hydrogens (tertiary/aromatic N) is 3. The van der Waals surface area contributed by atoms with Crippen LogP contribution in [0.15, 0.2) is 15.4 Å². The first-order valence-electron chi connectivity index (χ1n) is 4.26. The summed E-state index contributed by atoms with van der Waals surface area (Å²) in [5, 5.41) is 5.66. The minimum Gasteiger partial charge on any atom is -0.377 e. The maximum Gasteiger partial charge on any atom is 0.250 e. The molecule has 2 aromatic heterocycles. The van der Waals surface area contributed by atoms with Crippen LogP contribution in [0.4, 0.5) is 0 Å². The molecule has 0 bridgehead atoms. The predicted octanol–water partition coefficient (Wildman–Crippen LogP) is 1.84. The van der Waals surface area contributed by atoms with Gasteiger partial charge in [-0.25, -0.2) is 4.98 Å². The van der Waals surface area contributed by atoms with Crippen LogP contribution >= 0.6 is 11.3 Å². The molecule has 0 aliphatic carbocycles. The van der Waals surface area contributed by atoms with Crippen LogP contribution < -0.4 is 0 Å². The summed E-state index contributed by atoms with van der Waals surface area (Å²) in [6.45, 7) is 0.355. The predicted molar refractivity (Wildman–Crippen MR) is 56.1 cm³/mol. The van der Waals surface area contributed by atoms with Gasteiger partial charge in [-0.05, 0) is 6.08 Å². The molecule has 0 aliphatic heterocycles. The molecule has 0 unspecified atom stereocenters. The highest BCUT2D eigenvalue weighted by molar-refractivity contribution is 7.07. The molecule has 0 saturated heterocycles. The highest BCUT2D eigenvalue weighted by atomic mass is 32.1. The highest BCUT2D eigenvalue weighted by Crippen LogP contribution is 2.07. The van der Waals surface area contributed by atoms with Gasteiger partial charge in [-0.15, -0.1) is 11.3 Å². The zero-order valence-electron chi connectivity index (χ0n) is 8.08. The molecular formula is C9H9N3O2S. The summed E-state index contributed by atoms with van der Waals surface area (Å²) in [5.41, 5.74) is 2.65. The fourth-order valence-corrected chi connectivity index (χ4v) is 1.51. The quantitative estimate of drug-likeness (QED) is 0.791. The van der Waals surface area contributed by atoms with Crippen LogP contribution in [0.1, 0.15) is 17.4 Å². The Hall–Kier alpha value is -1.53. The van der Waals surface area contributed by atoms with Gasteiger partial charge >= 0.3 is 0 Å². The molecule has 0 amide bonds. The normalized spacial score (nSPS) is 11.3. The Morgan fingerprint density at radius 1 is 1.53 bits per heavy atom. The number of hydrogen-bond donors (Lipinski definition) is 0. The largest absolute Gasteiger partial charge is 0.377 e. The Balaban J connectivity index is 2.04. The van der Waals surface area contributed by atoms with E-state index in [0.717, 1.165) is 5.69 Å². The van der Waals surface area contributed by atoms with Gasteiger partial charge in [-0.2, -0.15) is 4.98 Å². The second-order valence-electron chi connectivity index (χ2n) is 2.73. The second kappa shape index (κ2) is 4.81. The van der Waals surface area contributed by atoms with Gasteiger partial charge < -0.3 is 9.26 Å². The fraction of sp³-hybridized carbons (Fsp3) is 0.222. The van der Waals surface area contributed by atoms with Crippen LogP contribution in [-0.2, 0) is 11.3 Å². The third kappa shape index (κ3) is 2.71. The third-order valence-corrected chi connectivity index (χ3v) is 2.21. The topological polar surface area (TPSA) is 61.0 Å². The van der Waals surface area contributed by atoms with Crippen molar-refractivity contribution in [2.75, 3.05) is 7.11 Å². The van der Waals surface area contributed by atoms with Crippen LogP contribution in [0, 0.1) is 0 Å². The molecule has 0 aliphatic rings. The summed E-state index contributed by atoms with van der Waals surface area (Å²) in [6, 6.07) is 0. The van der Waals surface area contributed by atoms with Crippen LogP contribution in [-0.4, -0.2) is 22.2 Å². The van der Waals surface area contributed by atoms with E-state index in [1.165, 1.54) is 11.3 Å². The van der Waals surface area contributed by atoms with Gasteiger partial charge in [0.15, 0.2) is 5.82 Å². The molecule has 0 radical (unpaired) electrons. The number of thiazole rings is 1. The number of ether oxygens (including phenoxy) is 1. The maximum absolute atomic E-state index is 4.96. The molecule has 5 nitrogen and oxygen atoms in total. The molecule has 0 fully saturated rings. The van der Waals surface area contributed by atoms with E-state index in [1.807, 2.05) is 11.5 Å². The summed E-state index contributed by atoms with van der Waals surface area (Å²) in [5.74, 6) is 0.991. The smallest absolute Gasteiger partial charge is 0.250 e. The van der Waals surface area contributed by atoms with Gasteiger partial charge in [0.05, 0.1) is 11.2 Å². The minimum atomic E-state index is 0.355. The summed E-state index contributed by atoms with van der Waals surface area (Å²) in [4.78, 5) is 8.18. The Bertz CT molecular complexity index is 436. The molecule has 0 atom stereocenters. The third-order valence-electron chi connectivity index (χ3n) is 1.61. The Morgan fingerprint density at radius 2 is 2.47 bits per heavy atom. The lowest BCUT2D eigenvalue weighted by molar-refractivity contribution is 0.174. The van der Waals surface area contributed by atoms with E-state index < -0.39 is 0 Å². The zero-order chi connectivity index (χ0) is 10.5. The van der Waals surface area contributed by atoms with Crippen molar-refractivity contribution in [3.05, 3.63) is 28.3 Å². The Morgan fingerprint density at radius 3 is 3.20 bits per heavy atom. The molecule has 2 rings (SSSR count). The van der Waals surface area contributed by atoms with E-state index in [4.69, 9.17) is 9.26 Å². The van der Waals surface area contributed by atoms with Gasteiger partial charge in [0, 0.05) is 18.6 Å². The molecule has 6 heteroatoms. The van der Waals surface area contributed by atoms with Crippen LogP contribution in [0.5, 0.6) is 0 Å². The van der Waals surface area contributed by atoms with E-state index >= 15 is 0 Å². The van der Waals surface area contributed by atoms with Crippen LogP contribution in [0.25, 0.3) is 12.2 Å². The van der Waals surface area contributed by atoms with Gasteiger partial charge in [0.25, 0.3) is 5.89 Å². The highest BCUT2D eigenvalue weighted by Gasteiger charge is 2.01. The minimum absolute atomic E-state index is 0.355. The SMILES string of the molecule is COCc1noc(/C=C/c2cscn2)n1. The van der Waals surface area contributed by atoms with E-state index in [-0.39, 0.29) is 0 Å². The number of hydrogen-bond acceptors (Lipinski definition) is 6. The number of methoxy groups -OCH3 is 1. The van der Waals surface area contributed by atoms with Crippen molar-refractivity contribution in [2.24, 2.45) is 0 Å². The van der Waals surface area contributed by atoms with Crippen molar-refractivity contribution in [3.8, 4) is 0 Å². The summed E-state index contributed by atoms with van der Waals surface area (Å²) in [7, 11) is 1.58. The lowest BCUT2D eigenvalue weighted by Gasteiger charge is -1.85. The molecule has 2 heterocycles. The van der Waals surface area contributed by atoms with E-state index in [2.05, 4.69) is 15.1 Å². The average Bonchev–Trinajstić information content (AvgIpc) is 2.85. The lowest BCUT2D eigenvalue weighted by atomic mass is 10.4. The van der Waals surface area contributed by atoms with Crippen molar-refractivity contribution in [1.82, 2.24) is 15.1 Å². The first-order chi connectivity index (χ1) is 7.38. The van der Waals surface area contributed by atoms with Gasteiger partial charge in [0.1, 0.15) is 6.61 Å². The van der Waals surface area contributed by atoms with E-state index in [9.17, 15) is 0 Å². The van der Waals surface area contributed by atoms with Crippen molar-refractivity contribution in [3.63, 3.8) is 0 Å². The second-order valence-corrected chi connectivity index (χ2v) is 3.45. The van der Waals surface area contributed by atoms with Crippen molar-refractivity contribution >= 4 is 23.5 Å². The maximum atomic E-state index is 4.96. The lowest BCUT2D eigenvalue weighted by Crippen LogP contribution is -1.88. The molecule has 0 N–H and O–H groups in total. The summed E-state index contributed by atoms with van der Waals surface area (Å²) < 4.78 is 9.84. The van der Waals surface area contributed by atoms with Gasteiger partial charge in [-0.1, -0.05) is 5.16 Å². The zero-order valence-corrected chi connectivity index (χ0v) is 8.90. The standard InChI is InChI=1S/C9H9N3O2S/c1-13-4-8-11-9(14-12-8)3-2-7-5-15-6-10-7/h2-3,5-6H,4H2,1H3/b3-2+. The molecule has 0 spiro atoms. The number of aromatic nitrogens is 3. The van der Waals surface area contributed by atoms with Crippen LogP contribution in [0.2, 0.25) is 0 Å². The molecular weight excluding hydrogens is 214 g/mol. The molecule has 0 saturated carbocycles. The van der Waals surface area contributed by atoms with Crippen molar-refractivity contribution < 1.29 is 9.26 Å². The Kier molecular flexibility index (Phi) is 3.21.